The summed E-state index contributed by atoms with van der Waals surface area (Å²) in [4.78, 5) is 2.58. The van der Waals surface area contributed by atoms with Crippen molar-refractivity contribution >= 4 is 10.8 Å². The van der Waals surface area contributed by atoms with Crippen LogP contribution in [-0.2, 0) is 11.2 Å². The number of nitrogens with one attached hydrogen (secondary N) is 1. The van der Waals surface area contributed by atoms with Crippen molar-refractivity contribution in [2.24, 2.45) is 0 Å². The highest BCUT2D eigenvalue weighted by Gasteiger charge is 2.38. The molecular weight excluding hydrogens is 272 g/mol. The van der Waals surface area contributed by atoms with Crippen molar-refractivity contribution < 1.29 is 4.74 Å². The molecular formula is C19H24N2O. The molecule has 0 amide bonds. The third-order valence-corrected chi connectivity index (χ3v) is 5.11. The van der Waals surface area contributed by atoms with Crippen molar-refractivity contribution in [3.8, 4) is 0 Å². The number of nitrogens with zero attached hydrogens (tertiary/aromatic N) is 1. The van der Waals surface area contributed by atoms with Gasteiger partial charge in [0.25, 0.3) is 0 Å². The Balaban J connectivity index is 1.45. The highest BCUT2D eigenvalue weighted by atomic mass is 16.5. The number of rotatable bonds is 3. The second-order valence-electron chi connectivity index (χ2n) is 6.62. The molecule has 2 aromatic rings. The van der Waals surface area contributed by atoms with Crippen LogP contribution in [0.1, 0.15) is 12.0 Å². The number of ether oxygens (including phenoxy) is 1. The van der Waals surface area contributed by atoms with E-state index in [1.54, 1.807) is 0 Å². The zero-order chi connectivity index (χ0) is 14.8. The Morgan fingerprint density at radius 2 is 2.05 bits per heavy atom. The van der Waals surface area contributed by atoms with Gasteiger partial charge in [0.05, 0.1) is 12.2 Å². The molecule has 0 radical (unpaired) electrons. The Labute approximate surface area is 132 Å². The lowest BCUT2D eigenvalue weighted by Crippen LogP contribution is -2.53. The molecule has 2 heterocycles. The number of hydrogen-bond donors (Lipinski definition) is 1. The molecule has 2 saturated heterocycles. The van der Waals surface area contributed by atoms with Gasteiger partial charge >= 0.3 is 0 Å². The van der Waals surface area contributed by atoms with Crippen LogP contribution >= 0.6 is 0 Å². The SMILES string of the molecule is c1ccc2c(CCN3CCOC4(CCNC4)C3)cccc2c1. The lowest BCUT2D eigenvalue weighted by atomic mass is 9.99. The Morgan fingerprint density at radius 3 is 2.95 bits per heavy atom. The van der Waals surface area contributed by atoms with E-state index in [0.717, 1.165) is 52.2 Å². The van der Waals surface area contributed by atoms with Crippen molar-refractivity contribution in [1.29, 1.82) is 0 Å². The summed E-state index contributed by atoms with van der Waals surface area (Å²) < 4.78 is 6.07. The van der Waals surface area contributed by atoms with Crippen molar-refractivity contribution in [1.82, 2.24) is 10.2 Å². The quantitative estimate of drug-likeness (QED) is 0.941. The van der Waals surface area contributed by atoms with E-state index in [0.29, 0.717) is 0 Å². The van der Waals surface area contributed by atoms with Gasteiger partial charge in [-0.2, -0.15) is 0 Å². The molecule has 2 fully saturated rings. The molecule has 1 atom stereocenters. The molecule has 1 N–H and O–H groups in total. The largest absolute Gasteiger partial charge is 0.371 e. The normalized spacial score (nSPS) is 26.0. The summed E-state index contributed by atoms with van der Waals surface area (Å²) in [5.41, 5.74) is 1.54. The molecule has 2 aliphatic rings. The second-order valence-corrected chi connectivity index (χ2v) is 6.62. The number of benzene rings is 2. The predicted octanol–water partition coefficient (Wildman–Crippen LogP) is 2.45. The van der Waals surface area contributed by atoms with E-state index < -0.39 is 0 Å². The van der Waals surface area contributed by atoms with Gasteiger partial charge < -0.3 is 10.1 Å². The summed E-state index contributed by atoms with van der Waals surface area (Å²) in [5, 5.41) is 6.19. The van der Waals surface area contributed by atoms with Gasteiger partial charge in [0.1, 0.15) is 0 Å². The first-order chi connectivity index (χ1) is 10.8. The minimum Gasteiger partial charge on any atom is -0.371 e. The van der Waals surface area contributed by atoms with Gasteiger partial charge in [0, 0.05) is 26.2 Å². The van der Waals surface area contributed by atoms with E-state index in [1.165, 1.54) is 16.3 Å². The summed E-state index contributed by atoms with van der Waals surface area (Å²) in [7, 11) is 0. The summed E-state index contributed by atoms with van der Waals surface area (Å²) in [5.74, 6) is 0. The van der Waals surface area contributed by atoms with Crippen LogP contribution in [0.15, 0.2) is 42.5 Å². The summed E-state index contributed by atoms with van der Waals surface area (Å²) in [6.45, 7) is 6.24. The van der Waals surface area contributed by atoms with Crippen molar-refractivity contribution in [3.05, 3.63) is 48.0 Å². The van der Waals surface area contributed by atoms with Gasteiger partial charge in [-0.1, -0.05) is 42.5 Å². The van der Waals surface area contributed by atoms with Crippen LogP contribution in [0.5, 0.6) is 0 Å². The Morgan fingerprint density at radius 1 is 1.14 bits per heavy atom. The maximum atomic E-state index is 6.07. The minimum absolute atomic E-state index is 0.0804. The van der Waals surface area contributed by atoms with E-state index >= 15 is 0 Å². The van der Waals surface area contributed by atoms with Crippen LogP contribution in [0.4, 0.5) is 0 Å². The molecule has 0 bridgehead atoms. The molecule has 2 aliphatic heterocycles. The third kappa shape index (κ3) is 2.76. The maximum absolute atomic E-state index is 6.07. The Hall–Kier alpha value is -1.42. The number of hydrogen-bond acceptors (Lipinski definition) is 3. The smallest absolute Gasteiger partial charge is 0.0944 e. The summed E-state index contributed by atoms with van der Waals surface area (Å²) >= 11 is 0. The molecule has 1 unspecified atom stereocenters. The molecule has 1 spiro atoms. The van der Waals surface area contributed by atoms with Gasteiger partial charge in [0.15, 0.2) is 0 Å². The van der Waals surface area contributed by atoms with Crippen LogP contribution in [-0.4, -0.2) is 49.8 Å². The van der Waals surface area contributed by atoms with Crippen LogP contribution in [0.3, 0.4) is 0 Å². The maximum Gasteiger partial charge on any atom is 0.0944 e. The standard InChI is InChI=1S/C19H24N2O/c1-2-7-18-16(4-1)5-3-6-17(18)8-11-21-12-13-22-19(15-21)9-10-20-14-19/h1-7,20H,8-15H2. The van der Waals surface area contributed by atoms with E-state index in [4.69, 9.17) is 4.74 Å². The molecule has 3 nitrogen and oxygen atoms in total. The molecule has 0 saturated carbocycles. The van der Waals surface area contributed by atoms with Gasteiger partial charge in [-0.15, -0.1) is 0 Å². The molecule has 3 heteroatoms. The third-order valence-electron chi connectivity index (χ3n) is 5.11. The van der Waals surface area contributed by atoms with Crippen LogP contribution < -0.4 is 5.32 Å². The highest BCUT2D eigenvalue weighted by Crippen LogP contribution is 2.25. The fraction of sp³-hybridized carbons (Fsp3) is 0.474. The van der Waals surface area contributed by atoms with Crippen LogP contribution in [0, 0.1) is 0 Å². The van der Waals surface area contributed by atoms with E-state index in [-0.39, 0.29) is 5.60 Å². The minimum atomic E-state index is 0.0804. The average Bonchev–Trinajstić information content (AvgIpc) is 3.00. The lowest BCUT2D eigenvalue weighted by molar-refractivity contribution is -0.0958. The first-order valence-electron chi connectivity index (χ1n) is 8.38. The fourth-order valence-electron chi connectivity index (χ4n) is 3.88. The summed E-state index contributed by atoms with van der Waals surface area (Å²) in [6, 6.07) is 15.4. The lowest BCUT2D eigenvalue weighted by Gasteiger charge is -2.40. The van der Waals surface area contributed by atoms with Crippen LogP contribution in [0.25, 0.3) is 10.8 Å². The zero-order valence-electron chi connectivity index (χ0n) is 13.1. The monoisotopic (exact) mass is 296 g/mol. The van der Waals surface area contributed by atoms with Crippen molar-refractivity contribution in [2.75, 3.05) is 39.3 Å². The Kier molecular flexibility index (Phi) is 3.87. The molecule has 116 valence electrons. The van der Waals surface area contributed by atoms with Gasteiger partial charge in [-0.25, -0.2) is 0 Å². The van der Waals surface area contributed by atoms with E-state index in [2.05, 4.69) is 52.7 Å². The highest BCUT2D eigenvalue weighted by molar-refractivity contribution is 5.85. The van der Waals surface area contributed by atoms with Crippen LogP contribution in [0.2, 0.25) is 0 Å². The van der Waals surface area contributed by atoms with Crippen molar-refractivity contribution in [3.63, 3.8) is 0 Å². The van der Waals surface area contributed by atoms with E-state index in [1.807, 2.05) is 0 Å². The Bertz CT molecular complexity index is 643. The number of fused-ring (bicyclic) bond motifs is 1. The number of morpholine rings is 1. The van der Waals surface area contributed by atoms with E-state index in [9.17, 15) is 0 Å². The molecule has 2 aromatic carbocycles. The zero-order valence-corrected chi connectivity index (χ0v) is 13.1. The van der Waals surface area contributed by atoms with Gasteiger partial charge in [-0.3, -0.25) is 4.90 Å². The average molecular weight is 296 g/mol. The first-order valence-corrected chi connectivity index (χ1v) is 8.38. The first kappa shape index (κ1) is 14.2. The second kappa shape index (κ2) is 5.99. The van der Waals surface area contributed by atoms with Gasteiger partial charge in [-0.05, 0) is 35.7 Å². The predicted molar refractivity (Wildman–Crippen MR) is 90.3 cm³/mol. The van der Waals surface area contributed by atoms with Crippen molar-refractivity contribution in [2.45, 2.75) is 18.4 Å². The van der Waals surface area contributed by atoms with Gasteiger partial charge in [0.2, 0.25) is 0 Å². The molecule has 0 aromatic heterocycles. The molecule has 4 rings (SSSR count). The summed E-state index contributed by atoms with van der Waals surface area (Å²) in [6.07, 6.45) is 2.27. The fourth-order valence-corrected chi connectivity index (χ4v) is 3.88. The topological polar surface area (TPSA) is 24.5 Å². The molecule has 22 heavy (non-hydrogen) atoms. The molecule has 0 aliphatic carbocycles.